The molecule has 2 atom stereocenters. The second-order valence-corrected chi connectivity index (χ2v) is 6.61. The van der Waals surface area contributed by atoms with Crippen molar-refractivity contribution in [2.24, 2.45) is 5.41 Å². The van der Waals surface area contributed by atoms with Crippen LogP contribution in [0.5, 0.6) is 0 Å². The van der Waals surface area contributed by atoms with Crippen molar-refractivity contribution in [2.75, 3.05) is 13.2 Å². The molecule has 1 N–H and O–H groups in total. The minimum absolute atomic E-state index is 0.0854. The lowest BCUT2D eigenvalue weighted by Crippen LogP contribution is -2.57. The van der Waals surface area contributed by atoms with Crippen molar-refractivity contribution in [3.8, 4) is 11.8 Å². The Morgan fingerprint density at radius 1 is 1.05 bits per heavy atom. The van der Waals surface area contributed by atoms with Gasteiger partial charge in [0.25, 0.3) is 0 Å². The molecule has 2 saturated carbocycles. The van der Waals surface area contributed by atoms with E-state index in [1.54, 1.807) is 0 Å². The van der Waals surface area contributed by atoms with Gasteiger partial charge in [0.2, 0.25) is 0 Å². The zero-order valence-corrected chi connectivity index (χ0v) is 12.3. The summed E-state index contributed by atoms with van der Waals surface area (Å²) in [5.41, 5.74) is -0.649. The molecule has 3 aliphatic rings. The number of ether oxygens (including phenoxy) is 2. The van der Waals surface area contributed by atoms with Crippen LogP contribution < -0.4 is 0 Å². The van der Waals surface area contributed by atoms with Gasteiger partial charge in [-0.2, -0.15) is 0 Å². The molecule has 3 fully saturated rings. The van der Waals surface area contributed by atoms with Gasteiger partial charge in [0.15, 0.2) is 6.29 Å². The molecule has 0 aromatic rings. The maximum atomic E-state index is 10.8. The average Bonchev–Trinajstić information content (AvgIpc) is 2.52. The number of hydrogen-bond acceptors (Lipinski definition) is 3. The molecule has 3 heteroatoms. The largest absolute Gasteiger partial charge is 0.377 e. The SMILES string of the molecule is OC1(C#CCOC2CCCCO2)CCC12CCCCC2. The minimum atomic E-state index is -0.746. The molecule has 2 unspecified atom stereocenters. The summed E-state index contributed by atoms with van der Waals surface area (Å²) >= 11 is 0. The number of rotatable bonds is 2. The Kier molecular flexibility index (Phi) is 4.35. The molecule has 1 heterocycles. The minimum Gasteiger partial charge on any atom is -0.377 e. The van der Waals surface area contributed by atoms with Crippen LogP contribution in [0.2, 0.25) is 0 Å². The van der Waals surface area contributed by atoms with Gasteiger partial charge in [-0.15, -0.1) is 0 Å². The average molecular weight is 278 g/mol. The van der Waals surface area contributed by atoms with Crippen LogP contribution in [-0.4, -0.2) is 30.2 Å². The van der Waals surface area contributed by atoms with Crippen molar-refractivity contribution in [3.63, 3.8) is 0 Å². The van der Waals surface area contributed by atoms with E-state index in [0.29, 0.717) is 6.61 Å². The smallest absolute Gasteiger partial charge is 0.158 e. The second kappa shape index (κ2) is 6.05. The first-order valence-corrected chi connectivity index (χ1v) is 8.20. The molecule has 0 amide bonds. The normalized spacial score (nSPS) is 36.0. The third-order valence-corrected chi connectivity index (χ3v) is 5.43. The van der Waals surface area contributed by atoms with E-state index in [1.807, 2.05) is 0 Å². The maximum Gasteiger partial charge on any atom is 0.158 e. The lowest BCUT2D eigenvalue weighted by atomic mass is 9.51. The maximum absolute atomic E-state index is 10.8. The molecule has 1 spiro atoms. The molecule has 0 aromatic heterocycles. The third-order valence-electron chi connectivity index (χ3n) is 5.43. The first-order valence-electron chi connectivity index (χ1n) is 8.20. The topological polar surface area (TPSA) is 38.7 Å². The van der Waals surface area contributed by atoms with Gasteiger partial charge in [0, 0.05) is 12.0 Å². The molecular weight excluding hydrogens is 252 g/mol. The van der Waals surface area contributed by atoms with Gasteiger partial charge in [-0.3, -0.25) is 0 Å². The standard InChI is InChI=1S/C17H26O3/c18-17(12-11-16(17)8-3-1-4-9-16)10-6-14-20-15-7-2-5-13-19-15/h15,18H,1-5,7-9,11-14H2. The van der Waals surface area contributed by atoms with Crippen LogP contribution in [0.4, 0.5) is 0 Å². The highest BCUT2D eigenvalue weighted by molar-refractivity contribution is 5.26. The number of hydrogen-bond donors (Lipinski definition) is 1. The fourth-order valence-electron chi connectivity index (χ4n) is 3.96. The van der Waals surface area contributed by atoms with E-state index >= 15 is 0 Å². The van der Waals surface area contributed by atoms with Crippen molar-refractivity contribution in [2.45, 2.75) is 76.1 Å². The molecule has 0 aromatic carbocycles. The zero-order valence-electron chi connectivity index (χ0n) is 12.3. The fraction of sp³-hybridized carbons (Fsp3) is 0.882. The molecule has 3 rings (SSSR count). The lowest BCUT2D eigenvalue weighted by molar-refractivity contribution is -0.155. The lowest BCUT2D eigenvalue weighted by Gasteiger charge is -2.55. The highest BCUT2D eigenvalue weighted by Gasteiger charge is 2.57. The molecule has 112 valence electrons. The van der Waals surface area contributed by atoms with E-state index in [9.17, 15) is 5.11 Å². The van der Waals surface area contributed by atoms with Gasteiger partial charge >= 0.3 is 0 Å². The van der Waals surface area contributed by atoms with E-state index in [-0.39, 0.29) is 11.7 Å². The Morgan fingerprint density at radius 3 is 2.55 bits per heavy atom. The van der Waals surface area contributed by atoms with Crippen molar-refractivity contribution in [1.82, 2.24) is 0 Å². The summed E-state index contributed by atoms with van der Waals surface area (Å²) in [6, 6.07) is 0. The Labute approximate surface area is 122 Å². The Morgan fingerprint density at radius 2 is 1.90 bits per heavy atom. The van der Waals surface area contributed by atoms with Crippen LogP contribution in [0.1, 0.15) is 64.2 Å². The first-order chi connectivity index (χ1) is 9.74. The van der Waals surface area contributed by atoms with Crippen LogP contribution in [0.25, 0.3) is 0 Å². The van der Waals surface area contributed by atoms with Gasteiger partial charge in [0.1, 0.15) is 12.2 Å². The van der Waals surface area contributed by atoms with Gasteiger partial charge < -0.3 is 14.6 Å². The van der Waals surface area contributed by atoms with Crippen LogP contribution in [0.3, 0.4) is 0 Å². The van der Waals surface area contributed by atoms with Crippen molar-refractivity contribution in [3.05, 3.63) is 0 Å². The van der Waals surface area contributed by atoms with E-state index in [0.717, 1.165) is 45.1 Å². The van der Waals surface area contributed by atoms with E-state index < -0.39 is 5.60 Å². The number of aliphatic hydroxyl groups is 1. The van der Waals surface area contributed by atoms with Crippen LogP contribution in [0, 0.1) is 17.3 Å². The molecule has 3 nitrogen and oxygen atoms in total. The molecule has 0 bridgehead atoms. The highest BCUT2D eigenvalue weighted by atomic mass is 16.7. The summed E-state index contributed by atoms with van der Waals surface area (Å²) in [5, 5.41) is 10.8. The third kappa shape index (κ3) is 2.74. The van der Waals surface area contributed by atoms with Crippen molar-refractivity contribution >= 4 is 0 Å². The van der Waals surface area contributed by atoms with Crippen LogP contribution >= 0.6 is 0 Å². The Hall–Kier alpha value is -0.560. The fourth-order valence-corrected chi connectivity index (χ4v) is 3.96. The highest BCUT2D eigenvalue weighted by Crippen LogP contribution is 2.58. The predicted octanol–water partition coefficient (Wildman–Crippen LogP) is 3.01. The van der Waals surface area contributed by atoms with Gasteiger partial charge in [-0.05, 0) is 44.9 Å². The molecule has 1 saturated heterocycles. The van der Waals surface area contributed by atoms with Crippen LogP contribution in [-0.2, 0) is 9.47 Å². The quantitative estimate of drug-likeness (QED) is 0.789. The Balaban J connectivity index is 1.50. The van der Waals surface area contributed by atoms with Crippen LogP contribution in [0.15, 0.2) is 0 Å². The second-order valence-electron chi connectivity index (χ2n) is 6.61. The monoisotopic (exact) mass is 278 g/mol. The van der Waals surface area contributed by atoms with E-state index in [2.05, 4.69) is 11.8 Å². The summed E-state index contributed by atoms with van der Waals surface area (Å²) in [6.07, 6.45) is 11.3. The van der Waals surface area contributed by atoms with E-state index in [1.165, 1.54) is 25.7 Å². The summed E-state index contributed by atoms with van der Waals surface area (Å²) < 4.78 is 11.1. The molecule has 20 heavy (non-hydrogen) atoms. The summed E-state index contributed by atoms with van der Waals surface area (Å²) in [5.74, 6) is 6.17. The van der Waals surface area contributed by atoms with Gasteiger partial charge in [-0.25, -0.2) is 0 Å². The van der Waals surface area contributed by atoms with Crippen molar-refractivity contribution in [1.29, 1.82) is 0 Å². The molecular formula is C17H26O3. The summed E-state index contributed by atoms with van der Waals surface area (Å²) in [6.45, 7) is 1.17. The van der Waals surface area contributed by atoms with Gasteiger partial charge in [-0.1, -0.05) is 31.1 Å². The molecule has 1 aliphatic heterocycles. The van der Waals surface area contributed by atoms with Gasteiger partial charge in [0.05, 0.1) is 0 Å². The molecule has 0 radical (unpaired) electrons. The summed E-state index contributed by atoms with van der Waals surface area (Å²) in [7, 11) is 0. The summed E-state index contributed by atoms with van der Waals surface area (Å²) in [4.78, 5) is 0. The Bertz CT molecular complexity index is 383. The molecule has 2 aliphatic carbocycles. The zero-order chi connectivity index (χ0) is 13.9. The van der Waals surface area contributed by atoms with Crippen molar-refractivity contribution < 1.29 is 14.6 Å². The predicted molar refractivity (Wildman–Crippen MR) is 77.0 cm³/mol. The van der Waals surface area contributed by atoms with E-state index in [4.69, 9.17) is 9.47 Å². The first kappa shape index (κ1) is 14.4.